The SMILES string of the molecule is C.COCCOCCNC1CCC(Cc2nccc(/C=C3\SC(=O)NC3=O)n2)CC1.COCCOCCNC1CCC(N)CC1.CS(=O)(=O)c1nccc(/C=C2\SC(=O)NC2=O)n1. The highest BCUT2D eigenvalue weighted by atomic mass is 32.2. The van der Waals surface area contributed by atoms with Crippen LogP contribution in [-0.2, 0) is 44.8 Å². The Hall–Kier alpha value is -3.71. The maximum atomic E-state index is 11.7. The number of thioether (sulfide) groups is 2. The molecule has 0 aromatic carbocycles. The summed E-state index contributed by atoms with van der Waals surface area (Å²) in [4.78, 5) is 62.1. The third-order valence-electron chi connectivity index (χ3n) is 9.87. The van der Waals surface area contributed by atoms with E-state index in [4.69, 9.17) is 24.7 Å². The largest absolute Gasteiger partial charge is 0.382 e. The monoisotopic (exact) mass is 937 g/mol. The molecule has 0 unspecified atom stereocenters. The molecule has 4 fully saturated rings. The van der Waals surface area contributed by atoms with E-state index in [1.165, 1.54) is 31.2 Å². The summed E-state index contributed by atoms with van der Waals surface area (Å²) in [6.45, 7) is 5.92. The molecular formula is C41H63N9O10S3. The van der Waals surface area contributed by atoms with Gasteiger partial charge in [0.05, 0.1) is 60.8 Å². The number of sulfone groups is 1. The lowest BCUT2D eigenvalue weighted by Crippen LogP contribution is -2.38. The summed E-state index contributed by atoms with van der Waals surface area (Å²) in [6, 6.07) is 4.82. The van der Waals surface area contributed by atoms with Crippen LogP contribution in [0.15, 0.2) is 39.5 Å². The first kappa shape index (κ1) is 53.6. The van der Waals surface area contributed by atoms with Crippen LogP contribution in [0.25, 0.3) is 12.2 Å². The van der Waals surface area contributed by atoms with Gasteiger partial charge in [-0.05, 0) is 105 Å². The van der Waals surface area contributed by atoms with Crippen LogP contribution in [0.4, 0.5) is 9.59 Å². The molecule has 0 bridgehead atoms. The highest BCUT2D eigenvalue weighted by Gasteiger charge is 2.27. The van der Waals surface area contributed by atoms with Gasteiger partial charge in [0.15, 0.2) is 0 Å². The number of nitrogens with one attached hydrogen (secondary N) is 4. The highest BCUT2D eigenvalue weighted by Crippen LogP contribution is 2.28. The van der Waals surface area contributed by atoms with Crippen LogP contribution in [0.5, 0.6) is 0 Å². The number of hydrogen-bond donors (Lipinski definition) is 5. The van der Waals surface area contributed by atoms with Gasteiger partial charge in [0.2, 0.25) is 15.0 Å². The smallest absolute Gasteiger partial charge is 0.290 e. The van der Waals surface area contributed by atoms with E-state index in [-0.39, 0.29) is 34.3 Å². The minimum absolute atomic E-state index is 0. The van der Waals surface area contributed by atoms with Crippen LogP contribution in [-0.4, -0.2) is 142 Å². The number of rotatable bonds is 19. The second kappa shape index (κ2) is 29.0. The normalized spacial score (nSPS) is 22.4. The predicted molar refractivity (Wildman–Crippen MR) is 243 cm³/mol. The second-order valence-corrected chi connectivity index (χ2v) is 18.7. The lowest BCUT2D eigenvalue weighted by molar-refractivity contribution is -0.116. The van der Waals surface area contributed by atoms with Gasteiger partial charge in [0.25, 0.3) is 22.3 Å². The number of aromatic nitrogens is 4. The zero-order valence-corrected chi connectivity index (χ0v) is 37.9. The van der Waals surface area contributed by atoms with Crippen LogP contribution in [0, 0.1) is 5.92 Å². The lowest BCUT2D eigenvalue weighted by atomic mass is 9.84. The molecule has 0 spiro atoms. The molecule has 4 amide bonds. The Morgan fingerprint density at radius 1 is 0.714 bits per heavy atom. The third kappa shape index (κ3) is 20.8. The molecule has 350 valence electrons. The highest BCUT2D eigenvalue weighted by molar-refractivity contribution is 8.18. The Morgan fingerprint density at radius 2 is 1.19 bits per heavy atom. The van der Waals surface area contributed by atoms with E-state index < -0.39 is 21.0 Å². The van der Waals surface area contributed by atoms with E-state index in [0.717, 1.165) is 100 Å². The molecule has 2 aliphatic heterocycles. The minimum atomic E-state index is -3.51. The maximum absolute atomic E-state index is 11.7. The Balaban J connectivity index is 0.000000268. The first-order valence-corrected chi connectivity index (χ1v) is 24.1. The first-order chi connectivity index (χ1) is 29.8. The molecule has 0 radical (unpaired) electrons. The standard InChI is InChI=1S/C20H28N4O4S.C11H24N2O2.C9H7N3O4S2.CH4/c1-27-10-11-28-9-8-21-15-4-2-14(3-5-15)12-18-22-7-6-16(23-18)13-17-19(25)24-20(26)29-17;1-14-8-9-15-7-6-13-11-4-2-10(12)3-5-11;1-18(15,16)8-10-3-2-5(11-8)4-6-7(13)12-9(14)17-6;/h6-7,13-15,21H,2-5,8-12H2,1H3,(H,24,25,26);10-11,13H,2-9,12H2,1H3;2-4H,1H3,(H,12,13,14);1H4/b17-13-;;6-4-;. The topological polar surface area (TPSA) is 265 Å². The number of hydrogen-bond acceptors (Lipinski definition) is 19. The number of nitrogens with two attached hydrogens (primary N) is 1. The molecule has 2 saturated carbocycles. The van der Waals surface area contributed by atoms with Gasteiger partial charge in [-0.3, -0.25) is 29.8 Å². The van der Waals surface area contributed by atoms with E-state index in [2.05, 4.69) is 41.2 Å². The van der Waals surface area contributed by atoms with Crippen LogP contribution >= 0.6 is 23.5 Å². The molecule has 6 rings (SSSR count). The molecule has 6 N–H and O–H groups in total. The van der Waals surface area contributed by atoms with Crippen molar-refractivity contribution >= 4 is 67.8 Å². The van der Waals surface area contributed by atoms with E-state index in [0.29, 0.717) is 67.7 Å². The van der Waals surface area contributed by atoms with Crippen molar-refractivity contribution in [3.63, 3.8) is 0 Å². The van der Waals surface area contributed by atoms with Crippen molar-refractivity contribution in [3.05, 3.63) is 51.5 Å². The Kier molecular flexibility index (Phi) is 24.6. The number of imide groups is 2. The van der Waals surface area contributed by atoms with Gasteiger partial charge >= 0.3 is 0 Å². The second-order valence-electron chi connectivity index (χ2n) is 14.8. The third-order valence-corrected chi connectivity index (χ3v) is 12.3. The van der Waals surface area contributed by atoms with Crippen LogP contribution < -0.4 is 27.0 Å². The van der Waals surface area contributed by atoms with E-state index in [1.807, 2.05) is 0 Å². The quantitative estimate of drug-likeness (QED) is 0.0767. The van der Waals surface area contributed by atoms with Gasteiger partial charge in [-0.25, -0.2) is 28.4 Å². The van der Waals surface area contributed by atoms with Gasteiger partial charge in [-0.2, -0.15) is 0 Å². The average molecular weight is 938 g/mol. The summed E-state index contributed by atoms with van der Waals surface area (Å²) in [6.07, 6.45) is 17.1. The zero-order chi connectivity index (χ0) is 44.7. The molecular weight excluding hydrogens is 875 g/mol. The zero-order valence-electron chi connectivity index (χ0n) is 35.5. The molecule has 2 aromatic rings. The van der Waals surface area contributed by atoms with Crippen molar-refractivity contribution < 1.29 is 46.5 Å². The molecule has 2 saturated heterocycles. The first-order valence-electron chi connectivity index (χ1n) is 20.5. The predicted octanol–water partition coefficient (Wildman–Crippen LogP) is 3.50. The average Bonchev–Trinajstić information content (AvgIpc) is 3.74. The summed E-state index contributed by atoms with van der Waals surface area (Å²) in [5.74, 6) is 0.469. The minimum Gasteiger partial charge on any atom is -0.382 e. The number of nitrogens with zero attached hydrogens (tertiary/aromatic N) is 4. The van der Waals surface area contributed by atoms with Crippen LogP contribution in [0.2, 0.25) is 0 Å². The fourth-order valence-electron chi connectivity index (χ4n) is 6.63. The maximum Gasteiger partial charge on any atom is 0.290 e. The van der Waals surface area contributed by atoms with Gasteiger partial charge in [0.1, 0.15) is 5.82 Å². The fourth-order valence-corrected chi connectivity index (χ4v) is 8.49. The summed E-state index contributed by atoms with van der Waals surface area (Å²) >= 11 is 1.63. The summed E-state index contributed by atoms with van der Waals surface area (Å²) in [5.41, 5.74) is 6.75. The summed E-state index contributed by atoms with van der Waals surface area (Å²) < 4.78 is 43.2. The van der Waals surface area contributed by atoms with Crippen molar-refractivity contribution in [1.82, 2.24) is 41.2 Å². The molecule has 4 heterocycles. The number of carbonyl (C=O) groups is 4. The molecule has 2 aliphatic carbocycles. The Morgan fingerprint density at radius 3 is 1.65 bits per heavy atom. The van der Waals surface area contributed by atoms with Gasteiger partial charge in [0, 0.05) is 70.5 Å². The number of carbonyl (C=O) groups excluding carboxylic acids is 4. The number of amides is 4. The van der Waals surface area contributed by atoms with Crippen LogP contribution in [0.1, 0.15) is 76.0 Å². The molecule has 2 aromatic heterocycles. The van der Waals surface area contributed by atoms with Crippen LogP contribution in [0.3, 0.4) is 0 Å². The van der Waals surface area contributed by atoms with Gasteiger partial charge < -0.3 is 35.3 Å². The number of ether oxygens (including phenoxy) is 4. The lowest BCUT2D eigenvalue weighted by Gasteiger charge is -2.29. The molecule has 63 heavy (non-hydrogen) atoms. The molecule has 0 atom stereocenters. The van der Waals surface area contributed by atoms with Crippen molar-refractivity contribution in [1.29, 1.82) is 0 Å². The fraction of sp³-hybridized carbons (Fsp3) is 0.610. The van der Waals surface area contributed by atoms with Crippen molar-refractivity contribution in [2.45, 2.75) is 88.5 Å². The molecule has 22 heteroatoms. The van der Waals surface area contributed by atoms with E-state index in [1.54, 1.807) is 32.6 Å². The van der Waals surface area contributed by atoms with Crippen molar-refractivity contribution in [3.8, 4) is 0 Å². The van der Waals surface area contributed by atoms with Crippen molar-refractivity contribution in [2.24, 2.45) is 11.7 Å². The summed E-state index contributed by atoms with van der Waals surface area (Å²) in [5, 5.41) is 10.3. The Bertz CT molecular complexity index is 1940. The summed E-state index contributed by atoms with van der Waals surface area (Å²) in [7, 11) is -0.147. The van der Waals surface area contributed by atoms with E-state index in [9.17, 15) is 27.6 Å². The molecule has 4 aliphatic rings. The number of methoxy groups -OCH3 is 2. The molecule has 19 nitrogen and oxygen atoms in total. The van der Waals surface area contributed by atoms with Gasteiger partial charge in [-0.15, -0.1) is 0 Å². The van der Waals surface area contributed by atoms with Crippen molar-refractivity contribution in [2.75, 3.05) is 73.2 Å². The van der Waals surface area contributed by atoms with E-state index >= 15 is 0 Å². The van der Waals surface area contributed by atoms with Gasteiger partial charge in [-0.1, -0.05) is 7.43 Å². The Labute approximate surface area is 379 Å².